The SMILES string of the molecule is CCCOC(=O)/C(C#N)=C/c1ccc(OC)cc1. The molecule has 0 aliphatic heterocycles. The highest BCUT2D eigenvalue weighted by Crippen LogP contribution is 2.14. The lowest BCUT2D eigenvalue weighted by atomic mass is 10.1. The number of nitrogens with zero attached hydrogens (tertiary/aromatic N) is 1. The Morgan fingerprint density at radius 3 is 2.56 bits per heavy atom. The molecule has 0 saturated carbocycles. The molecule has 1 rings (SSSR count). The van der Waals surface area contributed by atoms with Gasteiger partial charge in [-0.2, -0.15) is 5.26 Å². The van der Waals surface area contributed by atoms with Crippen LogP contribution in [0.2, 0.25) is 0 Å². The summed E-state index contributed by atoms with van der Waals surface area (Å²) in [5.74, 6) is 0.134. The molecule has 0 radical (unpaired) electrons. The lowest BCUT2D eigenvalue weighted by Crippen LogP contribution is -2.07. The predicted molar refractivity (Wildman–Crippen MR) is 67.8 cm³/mol. The van der Waals surface area contributed by atoms with E-state index in [-0.39, 0.29) is 5.57 Å². The number of carbonyl (C=O) groups excluding carboxylic acids is 1. The summed E-state index contributed by atoms with van der Waals surface area (Å²) in [7, 11) is 1.58. The number of benzene rings is 1. The van der Waals surface area contributed by atoms with E-state index in [0.29, 0.717) is 6.61 Å². The molecule has 0 fully saturated rings. The highest BCUT2D eigenvalue weighted by Gasteiger charge is 2.09. The third-order valence-electron chi connectivity index (χ3n) is 2.20. The second-order valence-corrected chi connectivity index (χ2v) is 3.58. The van der Waals surface area contributed by atoms with E-state index in [1.807, 2.05) is 13.0 Å². The van der Waals surface area contributed by atoms with Crippen LogP contribution in [0, 0.1) is 11.3 Å². The largest absolute Gasteiger partial charge is 0.497 e. The number of esters is 1. The van der Waals surface area contributed by atoms with Crippen molar-refractivity contribution in [3.8, 4) is 11.8 Å². The van der Waals surface area contributed by atoms with Crippen LogP contribution >= 0.6 is 0 Å². The van der Waals surface area contributed by atoms with Crippen LogP contribution in [-0.4, -0.2) is 19.7 Å². The molecule has 0 aliphatic rings. The minimum atomic E-state index is -0.588. The summed E-state index contributed by atoms with van der Waals surface area (Å²) in [5, 5.41) is 8.91. The molecule has 0 aliphatic carbocycles. The maximum Gasteiger partial charge on any atom is 0.348 e. The van der Waals surface area contributed by atoms with Crippen LogP contribution in [0.1, 0.15) is 18.9 Å². The maximum atomic E-state index is 11.5. The first kappa shape index (κ1) is 13.8. The Labute approximate surface area is 106 Å². The van der Waals surface area contributed by atoms with E-state index in [1.165, 1.54) is 6.08 Å². The number of ether oxygens (including phenoxy) is 2. The van der Waals surface area contributed by atoms with Crippen molar-refractivity contribution in [1.82, 2.24) is 0 Å². The van der Waals surface area contributed by atoms with E-state index in [1.54, 1.807) is 31.4 Å². The van der Waals surface area contributed by atoms with E-state index in [2.05, 4.69) is 0 Å². The number of hydrogen-bond acceptors (Lipinski definition) is 4. The number of methoxy groups -OCH3 is 1. The lowest BCUT2D eigenvalue weighted by molar-refractivity contribution is -0.138. The maximum absolute atomic E-state index is 11.5. The van der Waals surface area contributed by atoms with Crippen LogP contribution in [0.15, 0.2) is 29.8 Å². The number of hydrogen-bond donors (Lipinski definition) is 0. The molecule has 0 unspecified atom stereocenters. The van der Waals surface area contributed by atoms with Gasteiger partial charge in [0.1, 0.15) is 17.4 Å². The van der Waals surface area contributed by atoms with Gasteiger partial charge in [-0.1, -0.05) is 19.1 Å². The molecule has 4 heteroatoms. The molecule has 0 N–H and O–H groups in total. The van der Waals surface area contributed by atoms with Crippen LogP contribution in [-0.2, 0) is 9.53 Å². The molecule has 0 saturated heterocycles. The van der Waals surface area contributed by atoms with Crippen molar-refractivity contribution in [3.05, 3.63) is 35.4 Å². The second-order valence-electron chi connectivity index (χ2n) is 3.58. The van der Waals surface area contributed by atoms with Crippen LogP contribution in [0.3, 0.4) is 0 Å². The van der Waals surface area contributed by atoms with Crippen molar-refractivity contribution in [3.63, 3.8) is 0 Å². The van der Waals surface area contributed by atoms with E-state index in [9.17, 15) is 4.79 Å². The van der Waals surface area contributed by atoms with Crippen LogP contribution < -0.4 is 4.74 Å². The smallest absolute Gasteiger partial charge is 0.348 e. The van der Waals surface area contributed by atoms with Gasteiger partial charge in [0.25, 0.3) is 0 Å². The van der Waals surface area contributed by atoms with Crippen LogP contribution in [0.25, 0.3) is 6.08 Å². The molecule has 0 bridgehead atoms. The third-order valence-corrected chi connectivity index (χ3v) is 2.20. The summed E-state index contributed by atoms with van der Waals surface area (Å²) in [6.45, 7) is 2.22. The van der Waals surface area contributed by atoms with Crippen LogP contribution in [0.4, 0.5) is 0 Å². The summed E-state index contributed by atoms with van der Waals surface area (Å²) in [4.78, 5) is 11.5. The molecule has 4 nitrogen and oxygen atoms in total. The third kappa shape index (κ3) is 3.95. The normalized spacial score (nSPS) is 10.6. The van der Waals surface area contributed by atoms with Crippen molar-refractivity contribution in [2.45, 2.75) is 13.3 Å². The van der Waals surface area contributed by atoms with Gasteiger partial charge >= 0.3 is 5.97 Å². The van der Waals surface area contributed by atoms with Gasteiger partial charge < -0.3 is 9.47 Å². The van der Waals surface area contributed by atoms with Gasteiger partial charge in [0.05, 0.1) is 13.7 Å². The molecule has 0 atom stereocenters. The van der Waals surface area contributed by atoms with Crippen molar-refractivity contribution in [2.75, 3.05) is 13.7 Å². The van der Waals surface area contributed by atoms with Gasteiger partial charge in [0.2, 0.25) is 0 Å². The van der Waals surface area contributed by atoms with E-state index in [0.717, 1.165) is 17.7 Å². The van der Waals surface area contributed by atoms with Gasteiger partial charge in [0.15, 0.2) is 0 Å². The first-order chi connectivity index (χ1) is 8.71. The molecule has 94 valence electrons. The molecule has 0 amide bonds. The van der Waals surface area contributed by atoms with Crippen molar-refractivity contribution >= 4 is 12.0 Å². The Balaban J connectivity index is 2.83. The van der Waals surface area contributed by atoms with E-state index < -0.39 is 5.97 Å². The average molecular weight is 245 g/mol. The fourth-order valence-corrected chi connectivity index (χ4v) is 1.28. The molecule has 1 aromatic carbocycles. The Morgan fingerprint density at radius 1 is 1.39 bits per heavy atom. The molecule has 1 aromatic rings. The van der Waals surface area contributed by atoms with E-state index in [4.69, 9.17) is 14.7 Å². The van der Waals surface area contributed by atoms with Gasteiger partial charge in [-0.25, -0.2) is 4.79 Å². The summed E-state index contributed by atoms with van der Waals surface area (Å²) in [5.41, 5.74) is 0.745. The quantitative estimate of drug-likeness (QED) is 0.454. The highest BCUT2D eigenvalue weighted by molar-refractivity contribution is 5.97. The number of nitriles is 1. The zero-order chi connectivity index (χ0) is 13.4. The van der Waals surface area contributed by atoms with Crippen molar-refractivity contribution in [1.29, 1.82) is 5.26 Å². The van der Waals surface area contributed by atoms with Crippen LogP contribution in [0.5, 0.6) is 5.75 Å². The van der Waals surface area contributed by atoms with Gasteiger partial charge in [-0.05, 0) is 30.2 Å². The minimum Gasteiger partial charge on any atom is -0.497 e. The fourth-order valence-electron chi connectivity index (χ4n) is 1.28. The topological polar surface area (TPSA) is 59.3 Å². The minimum absolute atomic E-state index is 0.00591. The standard InChI is InChI=1S/C14H15NO3/c1-3-8-18-14(16)12(10-15)9-11-4-6-13(17-2)7-5-11/h4-7,9H,3,8H2,1-2H3/b12-9+. The van der Waals surface area contributed by atoms with Crippen molar-refractivity contribution in [2.24, 2.45) is 0 Å². The molecule has 0 heterocycles. The summed E-state index contributed by atoms with van der Waals surface area (Å²) in [6.07, 6.45) is 2.23. The molecular weight excluding hydrogens is 230 g/mol. The number of rotatable bonds is 5. The summed E-state index contributed by atoms with van der Waals surface area (Å²) >= 11 is 0. The Kier molecular flexibility index (Phi) is 5.46. The zero-order valence-electron chi connectivity index (χ0n) is 10.5. The Bertz CT molecular complexity index is 469. The molecule has 0 aromatic heterocycles. The molecular formula is C14H15NO3. The first-order valence-electron chi connectivity index (χ1n) is 5.64. The lowest BCUT2D eigenvalue weighted by Gasteiger charge is -2.02. The summed E-state index contributed by atoms with van der Waals surface area (Å²) < 4.78 is 9.93. The summed E-state index contributed by atoms with van der Waals surface area (Å²) in [6, 6.07) is 8.90. The monoisotopic (exact) mass is 245 g/mol. The first-order valence-corrected chi connectivity index (χ1v) is 5.64. The van der Waals surface area contributed by atoms with Crippen molar-refractivity contribution < 1.29 is 14.3 Å². The molecule has 0 spiro atoms. The number of carbonyl (C=O) groups is 1. The predicted octanol–water partition coefficient (Wildman–Crippen LogP) is 2.56. The zero-order valence-corrected chi connectivity index (χ0v) is 10.5. The van der Waals surface area contributed by atoms with Gasteiger partial charge in [0, 0.05) is 0 Å². The average Bonchev–Trinajstić information content (AvgIpc) is 2.42. The van der Waals surface area contributed by atoms with Gasteiger partial charge in [-0.15, -0.1) is 0 Å². The van der Waals surface area contributed by atoms with Gasteiger partial charge in [-0.3, -0.25) is 0 Å². The van der Waals surface area contributed by atoms with E-state index >= 15 is 0 Å². The Hall–Kier alpha value is -2.28. The Morgan fingerprint density at radius 2 is 2.06 bits per heavy atom. The highest BCUT2D eigenvalue weighted by atomic mass is 16.5. The molecule has 18 heavy (non-hydrogen) atoms. The second kappa shape index (κ2) is 7.13. The fraction of sp³-hybridized carbons (Fsp3) is 0.286.